The van der Waals surface area contributed by atoms with Gasteiger partial charge in [0.2, 0.25) is 0 Å². The summed E-state index contributed by atoms with van der Waals surface area (Å²) >= 11 is 6.33. The Morgan fingerprint density at radius 1 is 1.11 bits per heavy atom. The third kappa shape index (κ3) is 3.62. The first-order chi connectivity index (χ1) is 13.3. The van der Waals surface area contributed by atoms with Crippen LogP contribution in [0.4, 0.5) is 0 Å². The Hall–Kier alpha value is -1.73. The van der Waals surface area contributed by atoms with Crippen molar-refractivity contribution in [3.63, 3.8) is 0 Å². The van der Waals surface area contributed by atoms with Crippen molar-refractivity contribution >= 4 is 34.9 Å². The number of nitrogens with zero attached hydrogens (tertiary/aromatic N) is 5. The number of fused-ring (bicyclic) bond motifs is 2. The van der Waals surface area contributed by atoms with Crippen LogP contribution in [0.5, 0.6) is 0 Å². The maximum absolute atomic E-state index is 6.33. The molecule has 8 heteroatoms. The van der Waals surface area contributed by atoms with E-state index in [1.165, 1.54) is 11.4 Å². The van der Waals surface area contributed by atoms with Gasteiger partial charge in [-0.1, -0.05) is 17.7 Å². The second-order valence-corrected chi connectivity index (χ2v) is 7.87. The Morgan fingerprint density at radius 3 is 2.82 bits per heavy atom. The van der Waals surface area contributed by atoms with Crippen LogP contribution in [-0.2, 0) is 19.6 Å². The van der Waals surface area contributed by atoms with Crippen LogP contribution in [0.25, 0.3) is 10.9 Å². The maximum Gasteiger partial charge on any atom is 0.147 e. The SMILES string of the molecule is Cl.Clc1ccc(CN2CCC(c3nnc4n3CCNC4)CC2)c2ncccc12. The van der Waals surface area contributed by atoms with Gasteiger partial charge in [-0.3, -0.25) is 9.88 Å². The first-order valence-electron chi connectivity index (χ1n) is 9.67. The Kier molecular flexibility index (Phi) is 5.83. The highest BCUT2D eigenvalue weighted by atomic mass is 35.5. The van der Waals surface area contributed by atoms with Gasteiger partial charge < -0.3 is 9.88 Å². The quantitative estimate of drug-likeness (QED) is 0.706. The highest BCUT2D eigenvalue weighted by molar-refractivity contribution is 6.35. The zero-order chi connectivity index (χ0) is 18.2. The third-order valence-corrected chi connectivity index (χ3v) is 6.13. The minimum absolute atomic E-state index is 0. The number of nitrogens with one attached hydrogen (secondary N) is 1. The number of likely N-dealkylation sites (tertiary alicyclic amines) is 1. The fraction of sp³-hybridized carbons (Fsp3) is 0.450. The van der Waals surface area contributed by atoms with E-state index in [2.05, 4.69) is 36.0 Å². The molecule has 0 saturated carbocycles. The van der Waals surface area contributed by atoms with E-state index < -0.39 is 0 Å². The summed E-state index contributed by atoms with van der Waals surface area (Å²) in [5, 5.41) is 14.1. The summed E-state index contributed by atoms with van der Waals surface area (Å²) in [5.74, 6) is 2.78. The van der Waals surface area contributed by atoms with Crippen LogP contribution < -0.4 is 5.32 Å². The minimum Gasteiger partial charge on any atom is -0.312 e. The van der Waals surface area contributed by atoms with Crippen LogP contribution in [-0.4, -0.2) is 44.3 Å². The molecule has 0 radical (unpaired) electrons. The van der Waals surface area contributed by atoms with Gasteiger partial charge in [-0.25, -0.2) is 0 Å². The number of pyridine rings is 1. The molecule has 6 nitrogen and oxygen atoms in total. The largest absolute Gasteiger partial charge is 0.312 e. The van der Waals surface area contributed by atoms with Crippen molar-refractivity contribution < 1.29 is 0 Å². The zero-order valence-corrected chi connectivity index (χ0v) is 17.2. The van der Waals surface area contributed by atoms with Gasteiger partial charge in [0.1, 0.15) is 11.6 Å². The number of rotatable bonds is 3. The molecule has 3 aromatic rings. The second kappa shape index (κ2) is 8.33. The van der Waals surface area contributed by atoms with Crippen LogP contribution in [0.15, 0.2) is 30.5 Å². The van der Waals surface area contributed by atoms with E-state index in [-0.39, 0.29) is 12.4 Å². The standard InChI is InChI=1S/C20H23ClN6.ClH/c21-17-4-3-15(19-16(17)2-1-7-23-19)13-26-9-5-14(6-10-26)20-25-24-18-12-22-8-11-27(18)20;/h1-4,7,14,22H,5-6,8-13H2;1H. The lowest BCUT2D eigenvalue weighted by atomic mass is 9.95. The first-order valence-corrected chi connectivity index (χ1v) is 10.0. The summed E-state index contributed by atoms with van der Waals surface area (Å²) in [5.41, 5.74) is 2.27. The molecule has 2 aromatic heterocycles. The normalized spacial score (nSPS) is 18.0. The fourth-order valence-corrected chi connectivity index (χ4v) is 4.55. The Balaban J connectivity index is 0.00000192. The van der Waals surface area contributed by atoms with Crippen molar-refractivity contribution in [3.8, 4) is 0 Å². The van der Waals surface area contributed by atoms with Gasteiger partial charge in [0.05, 0.1) is 12.1 Å². The molecule has 0 amide bonds. The predicted octanol–water partition coefficient (Wildman–Crippen LogP) is 3.38. The van der Waals surface area contributed by atoms with Crippen molar-refractivity contribution in [3.05, 3.63) is 52.7 Å². The van der Waals surface area contributed by atoms with Gasteiger partial charge in [0, 0.05) is 42.2 Å². The van der Waals surface area contributed by atoms with Crippen molar-refractivity contribution in [2.75, 3.05) is 19.6 Å². The van der Waals surface area contributed by atoms with Crippen LogP contribution >= 0.6 is 24.0 Å². The average molecular weight is 419 g/mol. The number of halogens is 2. The molecule has 148 valence electrons. The van der Waals surface area contributed by atoms with Gasteiger partial charge >= 0.3 is 0 Å². The molecule has 4 heterocycles. The highest BCUT2D eigenvalue weighted by Crippen LogP contribution is 2.30. The summed E-state index contributed by atoms with van der Waals surface area (Å²) in [6.07, 6.45) is 4.10. The molecular formula is C20H24Cl2N6. The molecule has 1 fully saturated rings. The Morgan fingerprint density at radius 2 is 1.96 bits per heavy atom. The fourth-order valence-electron chi connectivity index (χ4n) is 4.33. The number of hydrogen-bond donors (Lipinski definition) is 1. The van der Waals surface area contributed by atoms with Crippen molar-refractivity contribution in [2.45, 2.75) is 38.4 Å². The molecule has 0 aliphatic carbocycles. The van der Waals surface area contributed by atoms with Crippen molar-refractivity contribution in [1.29, 1.82) is 0 Å². The average Bonchev–Trinajstić information content (AvgIpc) is 3.15. The Bertz CT molecular complexity index is 964. The van der Waals surface area contributed by atoms with Crippen molar-refractivity contribution in [1.82, 2.24) is 30.0 Å². The van der Waals surface area contributed by atoms with E-state index in [9.17, 15) is 0 Å². The molecule has 2 aliphatic heterocycles. The Labute approximate surface area is 175 Å². The zero-order valence-electron chi connectivity index (χ0n) is 15.6. The first kappa shape index (κ1) is 19.6. The summed E-state index contributed by atoms with van der Waals surface area (Å²) in [4.78, 5) is 7.09. The molecule has 0 spiro atoms. The van der Waals surface area contributed by atoms with E-state index in [1.807, 2.05) is 24.4 Å². The summed E-state index contributed by atoms with van der Waals surface area (Å²) in [7, 11) is 0. The summed E-state index contributed by atoms with van der Waals surface area (Å²) in [6.45, 7) is 5.89. The molecular weight excluding hydrogens is 395 g/mol. The lowest BCUT2D eigenvalue weighted by Crippen LogP contribution is -2.34. The van der Waals surface area contributed by atoms with Gasteiger partial charge in [-0.05, 0) is 49.7 Å². The van der Waals surface area contributed by atoms with E-state index in [0.717, 1.165) is 73.9 Å². The number of hydrogen-bond acceptors (Lipinski definition) is 5. The smallest absolute Gasteiger partial charge is 0.147 e. The van der Waals surface area contributed by atoms with E-state index >= 15 is 0 Å². The lowest BCUT2D eigenvalue weighted by Gasteiger charge is -2.32. The molecule has 1 N–H and O–H groups in total. The van der Waals surface area contributed by atoms with Crippen LogP contribution in [0.3, 0.4) is 0 Å². The van der Waals surface area contributed by atoms with Crippen LogP contribution in [0.1, 0.15) is 36.0 Å². The van der Waals surface area contributed by atoms with Gasteiger partial charge in [-0.15, -0.1) is 22.6 Å². The number of piperidine rings is 1. The monoisotopic (exact) mass is 418 g/mol. The molecule has 1 saturated heterocycles. The van der Waals surface area contributed by atoms with E-state index in [1.54, 1.807) is 0 Å². The lowest BCUT2D eigenvalue weighted by molar-refractivity contribution is 0.200. The van der Waals surface area contributed by atoms with Gasteiger partial charge in [0.25, 0.3) is 0 Å². The minimum atomic E-state index is 0. The van der Waals surface area contributed by atoms with Crippen LogP contribution in [0, 0.1) is 0 Å². The molecule has 0 atom stereocenters. The van der Waals surface area contributed by atoms with Crippen molar-refractivity contribution in [2.24, 2.45) is 0 Å². The number of benzene rings is 1. The highest BCUT2D eigenvalue weighted by Gasteiger charge is 2.27. The topological polar surface area (TPSA) is 58.9 Å². The second-order valence-electron chi connectivity index (χ2n) is 7.46. The van der Waals surface area contributed by atoms with Gasteiger partial charge in [-0.2, -0.15) is 0 Å². The maximum atomic E-state index is 6.33. The third-order valence-electron chi connectivity index (χ3n) is 5.80. The molecule has 1 aromatic carbocycles. The summed E-state index contributed by atoms with van der Waals surface area (Å²) < 4.78 is 2.33. The molecule has 0 unspecified atom stereocenters. The number of aromatic nitrogens is 4. The molecule has 28 heavy (non-hydrogen) atoms. The molecule has 5 rings (SSSR count). The van der Waals surface area contributed by atoms with E-state index in [4.69, 9.17) is 11.6 Å². The summed E-state index contributed by atoms with van der Waals surface area (Å²) in [6, 6.07) is 8.10. The van der Waals surface area contributed by atoms with Crippen LogP contribution in [0.2, 0.25) is 5.02 Å². The van der Waals surface area contributed by atoms with Gasteiger partial charge in [0.15, 0.2) is 0 Å². The van der Waals surface area contributed by atoms with E-state index in [0.29, 0.717) is 5.92 Å². The predicted molar refractivity (Wildman–Crippen MR) is 113 cm³/mol. The molecule has 2 aliphatic rings. The molecule has 0 bridgehead atoms.